The van der Waals surface area contributed by atoms with Gasteiger partial charge in [-0.1, -0.05) is 0 Å². The third-order valence-electron chi connectivity index (χ3n) is 1.99. The molecule has 1 aromatic carbocycles. The van der Waals surface area contributed by atoms with Crippen LogP contribution in [0.3, 0.4) is 0 Å². The summed E-state index contributed by atoms with van der Waals surface area (Å²) in [5, 5.41) is 3.21. The van der Waals surface area contributed by atoms with Crippen LogP contribution in [0.1, 0.15) is 13.8 Å². The van der Waals surface area contributed by atoms with Gasteiger partial charge in [0, 0.05) is 41.4 Å². The fourth-order valence-corrected chi connectivity index (χ4v) is 2.80. The van der Waals surface area contributed by atoms with Crippen molar-refractivity contribution in [2.75, 3.05) is 12.4 Å². The summed E-state index contributed by atoms with van der Waals surface area (Å²) in [5.74, 6) is 0.333. The van der Waals surface area contributed by atoms with Crippen LogP contribution in [0.25, 0.3) is 0 Å². The highest BCUT2D eigenvalue weighted by Crippen LogP contribution is 2.51. The number of anilines is 1. The summed E-state index contributed by atoms with van der Waals surface area (Å²) >= 11 is 1.41. The average Bonchev–Trinajstić information content (AvgIpc) is 2.30. The van der Waals surface area contributed by atoms with E-state index >= 15 is 0 Å². The third-order valence-corrected chi connectivity index (χ3v) is 5.13. The van der Waals surface area contributed by atoms with Crippen molar-refractivity contribution in [1.82, 2.24) is 0 Å². The summed E-state index contributed by atoms with van der Waals surface area (Å²) in [6, 6.07) is 7.16. The van der Waals surface area contributed by atoms with Crippen molar-refractivity contribution in [2.24, 2.45) is 0 Å². The molecule has 1 aromatic rings. The number of carbonyl (C=O) groups excluding carboxylic acids is 1. The second kappa shape index (κ2) is 6.54. The quantitative estimate of drug-likeness (QED) is 0.451. The molecule has 100 valence electrons. The van der Waals surface area contributed by atoms with E-state index in [0.29, 0.717) is 11.8 Å². The smallest absolute Gasteiger partial charge is 0.419 e. The number of nitrogens with one attached hydrogen (secondary N) is 1. The SMILES string of the molecule is COP(=O)(Oc1ccc(NC(C)C)cc1)C(=O)I. The van der Waals surface area contributed by atoms with E-state index in [4.69, 9.17) is 4.52 Å². The highest BCUT2D eigenvalue weighted by atomic mass is 127. The molecule has 0 fully saturated rings. The van der Waals surface area contributed by atoms with E-state index < -0.39 is 11.1 Å². The molecular weight excluding hydrogens is 368 g/mol. The van der Waals surface area contributed by atoms with Crippen LogP contribution in [-0.4, -0.2) is 16.7 Å². The molecule has 18 heavy (non-hydrogen) atoms. The third kappa shape index (κ3) is 4.26. The Morgan fingerprint density at radius 2 is 1.89 bits per heavy atom. The first-order valence-corrected chi connectivity index (χ1v) is 7.91. The van der Waals surface area contributed by atoms with E-state index in [1.807, 2.05) is 13.8 Å². The Hall–Kier alpha value is -0.590. The molecule has 5 nitrogen and oxygen atoms in total. The molecule has 1 rings (SSSR count). The van der Waals surface area contributed by atoms with Gasteiger partial charge in [0.25, 0.3) is 0 Å². The number of halogens is 1. The Morgan fingerprint density at radius 1 is 1.33 bits per heavy atom. The van der Waals surface area contributed by atoms with E-state index in [9.17, 15) is 9.36 Å². The first-order chi connectivity index (χ1) is 8.37. The van der Waals surface area contributed by atoms with E-state index in [1.54, 1.807) is 24.3 Å². The summed E-state index contributed by atoms with van der Waals surface area (Å²) in [4.78, 5) is 11.2. The highest BCUT2D eigenvalue weighted by molar-refractivity contribution is 14.1. The molecule has 0 saturated heterocycles. The lowest BCUT2D eigenvalue weighted by Gasteiger charge is -2.14. The number of benzene rings is 1. The molecule has 0 radical (unpaired) electrons. The number of rotatable bonds is 6. The lowest BCUT2D eigenvalue weighted by atomic mass is 10.3. The Kier molecular flexibility index (Phi) is 5.62. The predicted molar refractivity (Wildman–Crippen MR) is 79.9 cm³/mol. The number of carbonyl (C=O) groups is 1. The van der Waals surface area contributed by atoms with Gasteiger partial charge >= 0.3 is 11.1 Å². The van der Waals surface area contributed by atoms with Crippen molar-refractivity contribution in [3.05, 3.63) is 24.3 Å². The topological polar surface area (TPSA) is 64.6 Å². The molecule has 0 bridgehead atoms. The lowest BCUT2D eigenvalue weighted by molar-refractivity contribution is 0.263. The largest absolute Gasteiger partial charge is 0.456 e. The number of hydrogen-bond acceptors (Lipinski definition) is 5. The minimum Gasteiger partial charge on any atom is -0.419 e. The summed E-state index contributed by atoms with van der Waals surface area (Å²) in [6.07, 6.45) is 0. The van der Waals surface area contributed by atoms with Gasteiger partial charge in [-0.2, -0.15) is 0 Å². The molecule has 0 aliphatic heterocycles. The standard InChI is InChI=1S/C11H15INO4P/c1-8(2)13-9-4-6-10(7-5-9)17-18(15,16-3)11(12)14/h4-8,13H,1-3H3. The Labute approximate surface area is 120 Å². The van der Waals surface area contributed by atoms with Gasteiger partial charge in [0.1, 0.15) is 5.75 Å². The van der Waals surface area contributed by atoms with E-state index in [1.165, 1.54) is 29.7 Å². The predicted octanol–water partition coefficient (Wildman–Crippen LogP) is 4.28. The second-order valence-corrected chi connectivity index (χ2v) is 7.63. The summed E-state index contributed by atoms with van der Waals surface area (Å²) in [6.45, 7) is 4.05. The van der Waals surface area contributed by atoms with Gasteiger partial charge in [0.2, 0.25) is 0 Å². The van der Waals surface area contributed by atoms with Crippen LogP contribution in [0, 0.1) is 0 Å². The zero-order chi connectivity index (χ0) is 13.8. The van der Waals surface area contributed by atoms with Crippen LogP contribution >= 0.6 is 30.2 Å². The minimum atomic E-state index is -3.71. The van der Waals surface area contributed by atoms with Gasteiger partial charge in [-0.25, -0.2) is 4.57 Å². The van der Waals surface area contributed by atoms with Crippen LogP contribution in [0.15, 0.2) is 24.3 Å². The summed E-state index contributed by atoms with van der Waals surface area (Å²) < 4.78 is 21.0. The molecular formula is C11H15INO4P. The van der Waals surface area contributed by atoms with Gasteiger partial charge in [0.05, 0.1) is 0 Å². The normalized spacial score (nSPS) is 14.1. The van der Waals surface area contributed by atoms with Crippen molar-refractivity contribution < 1.29 is 18.4 Å². The molecule has 0 aliphatic rings. The Bertz CT molecular complexity index is 461. The first-order valence-electron chi connectivity index (χ1n) is 5.29. The van der Waals surface area contributed by atoms with E-state index in [2.05, 4.69) is 9.84 Å². The van der Waals surface area contributed by atoms with Crippen molar-refractivity contribution in [3.8, 4) is 5.75 Å². The van der Waals surface area contributed by atoms with Gasteiger partial charge in [-0.3, -0.25) is 9.32 Å². The summed E-state index contributed by atoms with van der Waals surface area (Å²) in [5.41, 5.74) is 0.922. The Balaban J connectivity index is 2.80. The molecule has 1 unspecified atom stereocenters. The summed E-state index contributed by atoms with van der Waals surface area (Å²) in [7, 11) is -2.52. The fraction of sp³-hybridized carbons (Fsp3) is 0.364. The van der Waals surface area contributed by atoms with Crippen LogP contribution in [0.2, 0.25) is 0 Å². The van der Waals surface area contributed by atoms with Gasteiger partial charge < -0.3 is 9.84 Å². The number of hydrogen-bond donors (Lipinski definition) is 1. The second-order valence-electron chi connectivity index (χ2n) is 3.85. The lowest BCUT2D eigenvalue weighted by Crippen LogP contribution is -2.09. The maximum Gasteiger partial charge on any atom is 0.456 e. The molecule has 7 heteroatoms. The minimum absolute atomic E-state index is 0.317. The maximum absolute atomic E-state index is 11.9. The molecule has 0 saturated carbocycles. The average molecular weight is 383 g/mol. The molecule has 0 heterocycles. The van der Waals surface area contributed by atoms with Crippen LogP contribution < -0.4 is 9.84 Å². The van der Waals surface area contributed by atoms with Crippen LogP contribution in [0.4, 0.5) is 10.5 Å². The van der Waals surface area contributed by atoms with E-state index in [-0.39, 0.29) is 0 Å². The molecule has 1 N–H and O–H groups in total. The Morgan fingerprint density at radius 3 is 2.28 bits per heavy atom. The molecule has 1 atom stereocenters. The zero-order valence-electron chi connectivity index (χ0n) is 10.3. The first kappa shape index (κ1) is 15.5. The molecule has 0 amide bonds. The van der Waals surface area contributed by atoms with Crippen LogP contribution in [-0.2, 0) is 9.09 Å². The highest BCUT2D eigenvalue weighted by Gasteiger charge is 2.33. The van der Waals surface area contributed by atoms with Crippen molar-refractivity contribution >= 4 is 39.4 Å². The fourth-order valence-electron chi connectivity index (χ4n) is 1.23. The van der Waals surface area contributed by atoms with Gasteiger partial charge in [0.15, 0.2) is 0 Å². The monoisotopic (exact) mass is 383 g/mol. The zero-order valence-corrected chi connectivity index (χ0v) is 13.4. The van der Waals surface area contributed by atoms with Crippen LogP contribution in [0.5, 0.6) is 5.75 Å². The van der Waals surface area contributed by atoms with Crippen molar-refractivity contribution in [1.29, 1.82) is 0 Å². The van der Waals surface area contributed by atoms with Crippen molar-refractivity contribution in [3.63, 3.8) is 0 Å². The van der Waals surface area contributed by atoms with Gasteiger partial charge in [-0.15, -0.1) is 0 Å². The van der Waals surface area contributed by atoms with Crippen molar-refractivity contribution in [2.45, 2.75) is 19.9 Å². The molecule has 0 aliphatic carbocycles. The van der Waals surface area contributed by atoms with Gasteiger partial charge in [-0.05, 0) is 38.1 Å². The molecule has 0 spiro atoms. The maximum atomic E-state index is 11.9. The molecule has 0 aromatic heterocycles. The van der Waals surface area contributed by atoms with E-state index in [0.717, 1.165) is 5.69 Å².